The van der Waals surface area contributed by atoms with Crippen LogP contribution < -0.4 is 10.0 Å². The third-order valence-corrected chi connectivity index (χ3v) is 5.80. The van der Waals surface area contributed by atoms with Crippen molar-refractivity contribution in [1.82, 2.24) is 15.0 Å². The lowest BCUT2D eigenvalue weighted by Crippen LogP contribution is -2.25. The highest BCUT2D eigenvalue weighted by Crippen LogP contribution is 2.27. The van der Waals surface area contributed by atoms with Gasteiger partial charge >= 0.3 is 0 Å². The van der Waals surface area contributed by atoms with Crippen LogP contribution in [0.25, 0.3) is 11.1 Å². The number of hydrogen-bond acceptors (Lipinski definition) is 4. The van der Waals surface area contributed by atoms with E-state index in [1.807, 2.05) is 60.7 Å². The highest BCUT2D eigenvalue weighted by molar-refractivity contribution is 7.97. The number of halogens is 1. The molecule has 0 saturated heterocycles. The summed E-state index contributed by atoms with van der Waals surface area (Å²) in [7, 11) is 0. The normalized spacial score (nSPS) is 13.3. The molecule has 1 aliphatic rings. The fraction of sp³-hybridized carbons (Fsp3) is 0.182. The Morgan fingerprint density at radius 3 is 2.79 bits per heavy atom. The first kappa shape index (κ1) is 19.0. The van der Waals surface area contributed by atoms with Gasteiger partial charge in [0.25, 0.3) is 5.91 Å². The number of carbonyl (C=O) groups is 1. The summed E-state index contributed by atoms with van der Waals surface area (Å²) in [5.41, 5.74) is 3.59. The third kappa shape index (κ3) is 4.73. The summed E-state index contributed by atoms with van der Waals surface area (Å²) in [5.74, 6) is -0.0119. The predicted octanol–water partition coefficient (Wildman–Crippen LogP) is 5.09. The molecule has 1 amide bonds. The Balaban J connectivity index is 1.49. The number of nitrogens with one attached hydrogen (secondary N) is 2. The number of aromatic nitrogens is 1. The maximum Gasteiger partial charge on any atom is 0.251 e. The monoisotopic (exact) mass is 409 g/mol. The van der Waals surface area contributed by atoms with Gasteiger partial charge in [0.05, 0.1) is 10.7 Å². The molecular formula is C22H20ClN3OS. The van der Waals surface area contributed by atoms with Gasteiger partial charge in [0.15, 0.2) is 0 Å². The summed E-state index contributed by atoms with van der Waals surface area (Å²) in [4.78, 5) is 17.9. The number of nitrogens with zero attached hydrogens (tertiary/aromatic N) is 1. The van der Waals surface area contributed by atoms with Crippen LogP contribution in [-0.4, -0.2) is 16.9 Å². The van der Waals surface area contributed by atoms with Crippen molar-refractivity contribution in [3.8, 4) is 11.1 Å². The van der Waals surface area contributed by atoms with Crippen molar-refractivity contribution in [1.29, 1.82) is 0 Å². The van der Waals surface area contributed by atoms with E-state index in [2.05, 4.69) is 15.0 Å². The maximum absolute atomic E-state index is 12.4. The summed E-state index contributed by atoms with van der Waals surface area (Å²) in [6.07, 6.45) is 3.93. The van der Waals surface area contributed by atoms with Crippen LogP contribution in [0.5, 0.6) is 0 Å². The Bertz CT molecular complexity index is 991. The highest BCUT2D eigenvalue weighted by Gasteiger charge is 2.23. The van der Waals surface area contributed by atoms with Gasteiger partial charge in [-0.05, 0) is 60.7 Å². The molecule has 0 radical (unpaired) electrons. The molecule has 28 heavy (non-hydrogen) atoms. The Kier molecular flexibility index (Phi) is 5.95. The Hall–Kier alpha value is -2.34. The minimum absolute atomic E-state index is 0.0119. The van der Waals surface area contributed by atoms with Gasteiger partial charge in [-0.25, -0.2) is 0 Å². The second-order valence-corrected chi connectivity index (χ2v) is 8.02. The Morgan fingerprint density at radius 1 is 1.11 bits per heavy atom. The van der Waals surface area contributed by atoms with E-state index in [1.165, 1.54) is 11.9 Å². The SMILES string of the molecule is O=C(NC1CC1)c1cccc(-c2cccnc2CNSc2ccccc2Cl)c1. The van der Waals surface area contributed by atoms with Crippen LogP contribution in [0.2, 0.25) is 5.02 Å². The molecule has 0 spiro atoms. The highest BCUT2D eigenvalue weighted by atomic mass is 35.5. The fourth-order valence-electron chi connectivity index (χ4n) is 2.88. The number of amides is 1. The lowest BCUT2D eigenvalue weighted by molar-refractivity contribution is 0.0951. The number of carbonyl (C=O) groups excluding carboxylic acids is 1. The Morgan fingerprint density at radius 2 is 1.96 bits per heavy atom. The molecule has 1 fully saturated rings. The van der Waals surface area contributed by atoms with Crippen LogP contribution in [0.4, 0.5) is 0 Å². The minimum atomic E-state index is -0.0119. The van der Waals surface area contributed by atoms with E-state index in [4.69, 9.17) is 11.6 Å². The van der Waals surface area contributed by atoms with E-state index >= 15 is 0 Å². The molecule has 142 valence electrons. The largest absolute Gasteiger partial charge is 0.349 e. The molecule has 0 bridgehead atoms. The van der Waals surface area contributed by atoms with Crippen LogP contribution in [0.3, 0.4) is 0 Å². The quantitative estimate of drug-likeness (QED) is 0.533. The van der Waals surface area contributed by atoms with E-state index in [0.717, 1.165) is 39.6 Å². The molecule has 1 aromatic heterocycles. The van der Waals surface area contributed by atoms with Gasteiger partial charge < -0.3 is 5.32 Å². The molecule has 0 atom stereocenters. The van der Waals surface area contributed by atoms with Gasteiger partial charge in [-0.3, -0.25) is 14.5 Å². The predicted molar refractivity (Wildman–Crippen MR) is 114 cm³/mol. The van der Waals surface area contributed by atoms with Gasteiger partial charge in [-0.2, -0.15) is 0 Å². The topological polar surface area (TPSA) is 54.0 Å². The third-order valence-electron chi connectivity index (χ3n) is 4.50. The summed E-state index contributed by atoms with van der Waals surface area (Å²) in [6.45, 7) is 0.574. The maximum atomic E-state index is 12.4. The lowest BCUT2D eigenvalue weighted by atomic mass is 10.0. The summed E-state index contributed by atoms with van der Waals surface area (Å²) in [6, 6.07) is 19.7. The summed E-state index contributed by atoms with van der Waals surface area (Å²) < 4.78 is 3.33. The molecule has 4 nitrogen and oxygen atoms in total. The van der Waals surface area contributed by atoms with Crippen molar-refractivity contribution in [3.63, 3.8) is 0 Å². The zero-order chi connectivity index (χ0) is 19.3. The van der Waals surface area contributed by atoms with E-state index in [9.17, 15) is 4.79 Å². The van der Waals surface area contributed by atoms with Crippen molar-refractivity contribution < 1.29 is 4.79 Å². The van der Waals surface area contributed by atoms with E-state index in [-0.39, 0.29) is 5.91 Å². The van der Waals surface area contributed by atoms with Crippen molar-refractivity contribution in [2.24, 2.45) is 0 Å². The molecule has 2 aromatic carbocycles. The van der Waals surface area contributed by atoms with Crippen LogP contribution in [0.1, 0.15) is 28.9 Å². The number of hydrogen-bond donors (Lipinski definition) is 2. The van der Waals surface area contributed by atoms with Crippen molar-refractivity contribution in [2.75, 3.05) is 0 Å². The van der Waals surface area contributed by atoms with E-state index in [0.29, 0.717) is 18.2 Å². The molecule has 0 unspecified atom stereocenters. The van der Waals surface area contributed by atoms with Gasteiger partial charge in [0.1, 0.15) is 0 Å². The smallest absolute Gasteiger partial charge is 0.251 e. The molecule has 0 aliphatic heterocycles. The average molecular weight is 410 g/mol. The number of benzene rings is 2. The van der Waals surface area contributed by atoms with Crippen LogP contribution >= 0.6 is 23.5 Å². The van der Waals surface area contributed by atoms with Gasteiger partial charge in [0.2, 0.25) is 0 Å². The molecular weight excluding hydrogens is 390 g/mol. The van der Waals surface area contributed by atoms with Crippen LogP contribution in [-0.2, 0) is 6.54 Å². The van der Waals surface area contributed by atoms with E-state index < -0.39 is 0 Å². The second kappa shape index (κ2) is 8.78. The molecule has 4 rings (SSSR count). The molecule has 2 N–H and O–H groups in total. The first-order valence-electron chi connectivity index (χ1n) is 9.20. The number of pyridine rings is 1. The zero-order valence-corrected chi connectivity index (χ0v) is 16.8. The average Bonchev–Trinajstić information content (AvgIpc) is 3.54. The fourth-order valence-corrected chi connectivity index (χ4v) is 3.80. The molecule has 6 heteroatoms. The molecule has 1 saturated carbocycles. The first-order valence-corrected chi connectivity index (χ1v) is 10.4. The van der Waals surface area contributed by atoms with Crippen molar-refractivity contribution in [2.45, 2.75) is 30.3 Å². The zero-order valence-electron chi connectivity index (χ0n) is 15.2. The lowest BCUT2D eigenvalue weighted by Gasteiger charge is -2.11. The standard InChI is InChI=1S/C22H20ClN3OS/c23-19-8-1-2-9-21(19)28-25-14-20-18(7-4-12-24-20)15-5-3-6-16(13-15)22(27)26-17-10-11-17/h1-9,12-13,17,25H,10-11,14H2,(H,26,27). The number of rotatable bonds is 7. The molecule has 1 aliphatic carbocycles. The summed E-state index contributed by atoms with van der Waals surface area (Å²) >= 11 is 7.69. The van der Waals surface area contributed by atoms with Crippen molar-refractivity contribution >= 4 is 29.5 Å². The van der Waals surface area contributed by atoms with Gasteiger partial charge in [-0.1, -0.05) is 41.9 Å². The molecule has 3 aromatic rings. The molecule has 1 heterocycles. The van der Waals surface area contributed by atoms with Crippen LogP contribution in [0, 0.1) is 0 Å². The Labute approximate surface area is 173 Å². The van der Waals surface area contributed by atoms with Crippen LogP contribution in [0.15, 0.2) is 71.8 Å². The second-order valence-electron chi connectivity index (χ2n) is 6.68. The van der Waals surface area contributed by atoms with Crippen molar-refractivity contribution in [3.05, 3.63) is 83.1 Å². The van der Waals surface area contributed by atoms with Gasteiger partial charge in [0, 0.05) is 34.8 Å². The van der Waals surface area contributed by atoms with Gasteiger partial charge in [-0.15, -0.1) is 0 Å². The minimum Gasteiger partial charge on any atom is -0.349 e. The van der Waals surface area contributed by atoms with E-state index in [1.54, 1.807) is 6.20 Å². The first-order chi connectivity index (χ1) is 13.7. The summed E-state index contributed by atoms with van der Waals surface area (Å²) in [5, 5.41) is 3.76.